The summed E-state index contributed by atoms with van der Waals surface area (Å²) in [6.07, 6.45) is 3.00. The van der Waals surface area contributed by atoms with Gasteiger partial charge in [0.25, 0.3) is 17.0 Å². The first-order valence-corrected chi connectivity index (χ1v) is 18.1. The van der Waals surface area contributed by atoms with Gasteiger partial charge < -0.3 is 29.5 Å². The van der Waals surface area contributed by atoms with Crippen LogP contribution in [0.15, 0.2) is 71.8 Å². The number of aromatic nitrogens is 2. The number of carbonyl (C=O) groups excluding carboxylic acids is 3. The fraction of sp³-hybridized carbons (Fsp3) is 0.395. The number of unbranched alkanes of at least 4 members (excludes halogenated alkanes) is 1. The van der Waals surface area contributed by atoms with E-state index in [1.54, 1.807) is 34.9 Å². The zero-order chi connectivity index (χ0) is 39.3. The molecule has 1 heterocycles. The Morgan fingerprint density at radius 2 is 1.73 bits per heavy atom. The lowest BCUT2D eigenvalue weighted by Crippen LogP contribution is -2.35. The maximum Gasteiger partial charge on any atom is 0.511 e. The Balaban J connectivity index is 1.30. The quantitative estimate of drug-likeness (QED) is 0.0149. The lowest BCUT2D eigenvalue weighted by molar-refractivity contribution is -0.757. The number of ether oxygens (including phenoxy) is 4. The van der Waals surface area contributed by atoms with Crippen molar-refractivity contribution in [1.82, 2.24) is 14.7 Å². The Kier molecular flexibility index (Phi) is 14.0. The molecule has 1 saturated carbocycles. The number of hydrogen-bond acceptors (Lipinski definition) is 13. The number of esters is 1. The normalized spacial score (nSPS) is 13.8. The molecule has 55 heavy (non-hydrogen) atoms. The second-order valence-electron chi connectivity index (χ2n) is 12.8. The number of rotatable bonds is 17. The van der Waals surface area contributed by atoms with Crippen molar-refractivity contribution in [3.8, 4) is 17.1 Å². The van der Waals surface area contributed by atoms with Gasteiger partial charge in [0, 0.05) is 18.9 Å². The third-order valence-electron chi connectivity index (χ3n) is 8.84. The first-order chi connectivity index (χ1) is 26.5. The van der Waals surface area contributed by atoms with Crippen molar-refractivity contribution in [3.63, 3.8) is 0 Å². The van der Waals surface area contributed by atoms with Gasteiger partial charge in [-0.3, -0.25) is 9.36 Å². The molecule has 1 fully saturated rings. The molecular weight excluding hydrogens is 714 g/mol. The van der Waals surface area contributed by atoms with Crippen LogP contribution in [0.25, 0.3) is 22.2 Å². The van der Waals surface area contributed by atoms with Crippen LogP contribution in [0.1, 0.15) is 86.7 Å². The maximum atomic E-state index is 13.5. The summed E-state index contributed by atoms with van der Waals surface area (Å²) in [7, 11) is 0. The molecule has 17 nitrogen and oxygen atoms in total. The van der Waals surface area contributed by atoms with Gasteiger partial charge in [-0.1, -0.05) is 61.0 Å². The van der Waals surface area contributed by atoms with Crippen LogP contribution in [0.4, 0.5) is 4.79 Å². The Morgan fingerprint density at radius 3 is 2.45 bits per heavy atom. The average molecular weight is 760 g/mol. The van der Waals surface area contributed by atoms with E-state index in [0.29, 0.717) is 47.2 Å². The predicted molar refractivity (Wildman–Crippen MR) is 200 cm³/mol. The summed E-state index contributed by atoms with van der Waals surface area (Å²) in [6, 6.07) is 20.3. The fourth-order valence-electron chi connectivity index (χ4n) is 6.22. The standard InChI is InChI=1S/C38H45N7O10/c1-3-51-37-41-32-17-11-16-31(36(47)53-25(2)54-38(48)55-28-12-5-4-6-13-28)34(32)43(37)24-26-19-21-27(22-20-26)29-14-7-8-15-30(29)35(39)42-44(40)33(46)18-9-10-23-52-45(49)50/h7-8,11,14-17,19-22,25,28H,3-6,9-10,12-13,18,23-24,40H2,1-2H3,(H2,39,42). The number of hydrogen-bond donors (Lipinski definition) is 2. The first-order valence-electron chi connectivity index (χ1n) is 18.1. The first kappa shape index (κ1) is 40.0. The molecule has 17 heteroatoms. The van der Waals surface area contributed by atoms with Gasteiger partial charge in [0.2, 0.25) is 6.29 Å². The van der Waals surface area contributed by atoms with Crippen LogP contribution in [0.3, 0.4) is 0 Å². The van der Waals surface area contributed by atoms with Crippen molar-refractivity contribution in [2.24, 2.45) is 16.7 Å². The molecule has 3 aromatic carbocycles. The van der Waals surface area contributed by atoms with Crippen LogP contribution in [0, 0.1) is 10.1 Å². The SMILES string of the molecule is CCOc1nc2cccc(C(=O)OC(C)OC(=O)OC3CCCCC3)c2n1Cc1ccc(-c2ccccc2/C(N)=N/N(N)C(=O)CCCCO[N+](=O)[O-])cc1. The maximum absolute atomic E-state index is 13.5. The minimum atomic E-state index is -1.20. The fourth-order valence-corrected chi connectivity index (χ4v) is 6.22. The summed E-state index contributed by atoms with van der Waals surface area (Å²) in [5, 5.41) is 14.2. The molecule has 0 radical (unpaired) electrons. The molecule has 4 N–H and O–H groups in total. The van der Waals surface area contributed by atoms with Crippen LogP contribution in [-0.4, -0.2) is 69.2 Å². The van der Waals surface area contributed by atoms with E-state index in [9.17, 15) is 24.5 Å². The van der Waals surface area contributed by atoms with Gasteiger partial charge >= 0.3 is 12.1 Å². The molecule has 1 atom stereocenters. The summed E-state index contributed by atoms with van der Waals surface area (Å²) in [5.74, 6) is 4.66. The summed E-state index contributed by atoms with van der Waals surface area (Å²) in [5.41, 5.74) is 10.5. The largest absolute Gasteiger partial charge is 0.511 e. The van der Waals surface area contributed by atoms with E-state index in [4.69, 9.17) is 30.5 Å². The summed E-state index contributed by atoms with van der Waals surface area (Å²) in [6.45, 7) is 3.78. The Labute approximate surface area is 317 Å². The highest BCUT2D eigenvalue weighted by Crippen LogP contribution is 2.29. The number of amidine groups is 1. The number of fused-ring (bicyclic) bond motifs is 1. The lowest BCUT2D eigenvalue weighted by atomic mass is 9.98. The van der Waals surface area contributed by atoms with Gasteiger partial charge in [-0.25, -0.2) is 15.4 Å². The van der Waals surface area contributed by atoms with Gasteiger partial charge in [0.05, 0.1) is 36.4 Å². The highest BCUT2D eigenvalue weighted by Gasteiger charge is 2.25. The van der Waals surface area contributed by atoms with Crippen molar-refractivity contribution in [1.29, 1.82) is 0 Å². The van der Waals surface area contributed by atoms with Crippen LogP contribution < -0.4 is 16.3 Å². The summed E-state index contributed by atoms with van der Waals surface area (Å²) < 4.78 is 23.8. The lowest BCUT2D eigenvalue weighted by Gasteiger charge is -2.22. The zero-order valence-corrected chi connectivity index (χ0v) is 30.8. The van der Waals surface area contributed by atoms with Crippen LogP contribution >= 0.6 is 0 Å². The number of nitrogens with two attached hydrogens (primary N) is 2. The number of carbonyl (C=O) groups is 3. The Hall–Kier alpha value is -6.23. The molecule has 5 rings (SSSR count). The molecule has 1 aliphatic carbocycles. The van der Waals surface area contributed by atoms with Crippen molar-refractivity contribution in [3.05, 3.63) is 93.5 Å². The monoisotopic (exact) mass is 759 g/mol. The molecule has 1 aliphatic rings. The van der Waals surface area contributed by atoms with Crippen LogP contribution in [0.5, 0.6) is 6.01 Å². The van der Waals surface area contributed by atoms with Crippen molar-refractivity contribution in [2.45, 2.75) is 84.2 Å². The minimum Gasteiger partial charge on any atom is -0.465 e. The third-order valence-corrected chi connectivity index (χ3v) is 8.84. The highest BCUT2D eigenvalue weighted by molar-refractivity contribution is 6.04. The number of imidazole rings is 1. The molecule has 1 aromatic heterocycles. The van der Waals surface area contributed by atoms with Gasteiger partial charge in [-0.2, -0.15) is 10.1 Å². The zero-order valence-electron chi connectivity index (χ0n) is 30.8. The molecule has 292 valence electrons. The van der Waals surface area contributed by atoms with E-state index < -0.39 is 29.4 Å². The number of hydrazine groups is 1. The summed E-state index contributed by atoms with van der Waals surface area (Å²) >= 11 is 0. The Bertz CT molecular complexity index is 1990. The van der Waals surface area contributed by atoms with Crippen molar-refractivity contribution >= 4 is 34.9 Å². The second kappa shape index (κ2) is 19.2. The molecule has 1 amide bonds. The van der Waals surface area contributed by atoms with E-state index in [-0.39, 0.29) is 37.1 Å². The Morgan fingerprint density at radius 1 is 1.00 bits per heavy atom. The molecule has 0 bridgehead atoms. The summed E-state index contributed by atoms with van der Waals surface area (Å²) in [4.78, 5) is 57.5. The van der Waals surface area contributed by atoms with Crippen molar-refractivity contribution in [2.75, 3.05) is 13.2 Å². The van der Waals surface area contributed by atoms with E-state index in [1.165, 1.54) is 6.92 Å². The van der Waals surface area contributed by atoms with Gasteiger partial charge in [-0.15, -0.1) is 15.2 Å². The van der Waals surface area contributed by atoms with E-state index in [1.807, 2.05) is 43.3 Å². The smallest absolute Gasteiger partial charge is 0.465 e. The topological polar surface area (TPSA) is 226 Å². The van der Waals surface area contributed by atoms with Gasteiger partial charge in [-0.05, 0) is 74.3 Å². The highest BCUT2D eigenvalue weighted by atomic mass is 16.9. The van der Waals surface area contributed by atoms with Crippen LogP contribution in [-0.2, 0) is 30.4 Å². The number of amides is 1. The minimum absolute atomic E-state index is 0.00166. The van der Waals surface area contributed by atoms with E-state index in [2.05, 4.69) is 14.9 Å². The molecule has 0 saturated heterocycles. The molecule has 4 aromatic rings. The van der Waals surface area contributed by atoms with Crippen molar-refractivity contribution < 1.29 is 43.3 Å². The average Bonchev–Trinajstić information content (AvgIpc) is 3.51. The van der Waals surface area contributed by atoms with Gasteiger partial charge in [0.15, 0.2) is 5.84 Å². The molecule has 0 aliphatic heterocycles. The predicted octanol–water partition coefficient (Wildman–Crippen LogP) is 5.84. The van der Waals surface area contributed by atoms with Gasteiger partial charge in [0.1, 0.15) is 6.10 Å². The number of hydrazone groups is 1. The molecular formula is C38H45N7O10. The second-order valence-corrected chi connectivity index (χ2v) is 12.8. The number of nitrogens with zero attached hydrogens (tertiary/aromatic N) is 5. The molecule has 1 unspecified atom stereocenters. The van der Waals surface area contributed by atoms with E-state index >= 15 is 0 Å². The number of benzene rings is 3. The van der Waals surface area contributed by atoms with Crippen LogP contribution in [0.2, 0.25) is 0 Å². The number of para-hydroxylation sites is 1. The van der Waals surface area contributed by atoms with E-state index in [0.717, 1.165) is 48.8 Å². The molecule has 0 spiro atoms. The third kappa shape index (κ3) is 10.9.